The summed E-state index contributed by atoms with van der Waals surface area (Å²) in [5.74, 6) is -0.188. The van der Waals surface area contributed by atoms with Crippen molar-refractivity contribution in [1.29, 1.82) is 0 Å². The van der Waals surface area contributed by atoms with Gasteiger partial charge in [0.2, 0.25) is 0 Å². The fourth-order valence-electron chi connectivity index (χ4n) is 2.51. The Hall–Kier alpha value is -2.53. The molecular formula is C17H16ClN3O2. The number of rotatable bonds is 4. The lowest BCUT2D eigenvalue weighted by atomic mass is 10.1. The van der Waals surface area contributed by atoms with Crippen LogP contribution in [0.5, 0.6) is 0 Å². The molecule has 3 aromatic rings. The summed E-state index contributed by atoms with van der Waals surface area (Å²) in [6.45, 7) is 2.91. The van der Waals surface area contributed by atoms with Gasteiger partial charge in [-0.05, 0) is 42.8 Å². The van der Waals surface area contributed by atoms with Gasteiger partial charge in [0.25, 0.3) is 5.91 Å². The largest absolute Gasteiger partial charge is 0.348 e. The summed E-state index contributed by atoms with van der Waals surface area (Å²) < 4.78 is 1.63. The molecule has 0 saturated carbocycles. The van der Waals surface area contributed by atoms with E-state index in [0.29, 0.717) is 29.2 Å². The summed E-state index contributed by atoms with van der Waals surface area (Å²) in [4.78, 5) is 26.8. The topological polar surface area (TPSA) is 66.9 Å². The molecule has 0 aliphatic rings. The quantitative estimate of drug-likeness (QED) is 0.772. The molecule has 0 fully saturated rings. The van der Waals surface area contributed by atoms with Gasteiger partial charge in [-0.25, -0.2) is 4.79 Å². The molecule has 2 N–H and O–H groups in total. The SMILES string of the molecule is CCn1c(=O)[nH]c2cc(C(=O)NCc3ccc(Cl)cc3)ccc21. The second kappa shape index (κ2) is 6.30. The predicted molar refractivity (Wildman–Crippen MR) is 90.9 cm³/mol. The van der Waals surface area contributed by atoms with Gasteiger partial charge < -0.3 is 10.3 Å². The highest BCUT2D eigenvalue weighted by Crippen LogP contribution is 2.13. The Kier molecular flexibility index (Phi) is 4.21. The fraction of sp³-hybridized carbons (Fsp3) is 0.176. The van der Waals surface area contributed by atoms with Gasteiger partial charge in [0.05, 0.1) is 11.0 Å². The van der Waals surface area contributed by atoms with Crippen LogP contribution in [-0.2, 0) is 13.1 Å². The number of aromatic amines is 1. The molecule has 3 rings (SSSR count). The van der Waals surface area contributed by atoms with Crippen LogP contribution in [0.2, 0.25) is 5.02 Å². The maximum atomic E-state index is 12.3. The molecule has 118 valence electrons. The lowest BCUT2D eigenvalue weighted by Gasteiger charge is -2.06. The van der Waals surface area contributed by atoms with E-state index < -0.39 is 0 Å². The van der Waals surface area contributed by atoms with Gasteiger partial charge in [0.1, 0.15) is 0 Å². The third kappa shape index (κ3) is 3.14. The van der Waals surface area contributed by atoms with Crippen LogP contribution in [0.3, 0.4) is 0 Å². The van der Waals surface area contributed by atoms with Crippen LogP contribution in [0.1, 0.15) is 22.8 Å². The zero-order chi connectivity index (χ0) is 16.4. The highest BCUT2D eigenvalue weighted by atomic mass is 35.5. The van der Waals surface area contributed by atoms with Crippen molar-refractivity contribution in [3.63, 3.8) is 0 Å². The molecule has 0 bridgehead atoms. The number of halogens is 1. The van der Waals surface area contributed by atoms with Crippen molar-refractivity contribution < 1.29 is 4.79 Å². The number of hydrogen-bond acceptors (Lipinski definition) is 2. The third-order valence-corrected chi connectivity index (χ3v) is 3.97. The smallest absolute Gasteiger partial charge is 0.326 e. The van der Waals surface area contributed by atoms with E-state index in [4.69, 9.17) is 11.6 Å². The highest BCUT2D eigenvalue weighted by Gasteiger charge is 2.10. The first-order valence-electron chi connectivity index (χ1n) is 7.33. The summed E-state index contributed by atoms with van der Waals surface area (Å²) in [6, 6.07) is 12.5. The van der Waals surface area contributed by atoms with Crippen LogP contribution >= 0.6 is 11.6 Å². The Balaban J connectivity index is 1.78. The lowest BCUT2D eigenvalue weighted by Crippen LogP contribution is -2.22. The molecule has 23 heavy (non-hydrogen) atoms. The average Bonchev–Trinajstić information content (AvgIpc) is 2.88. The molecule has 1 aromatic heterocycles. The van der Waals surface area contributed by atoms with Crippen molar-refractivity contribution in [2.45, 2.75) is 20.0 Å². The number of nitrogens with zero attached hydrogens (tertiary/aromatic N) is 1. The number of hydrogen-bond donors (Lipinski definition) is 2. The molecule has 0 aliphatic carbocycles. The van der Waals surface area contributed by atoms with E-state index in [-0.39, 0.29) is 11.6 Å². The average molecular weight is 330 g/mol. The summed E-state index contributed by atoms with van der Waals surface area (Å²) in [5.41, 5.74) is 2.77. The van der Waals surface area contributed by atoms with Gasteiger partial charge in [-0.1, -0.05) is 23.7 Å². The van der Waals surface area contributed by atoms with E-state index in [1.165, 1.54) is 0 Å². The number of carbonyl (C=O) groups excluding carboxylic acids is 1. The Morgan fingerprint density at radius 3 is 2.65 bits per heavy atom. The van der Waals surface area contributed by atoms with E-state index >= 15 is 0 Å². The second-order valence-corrected chi connectivity index (χ2v) is 5.65. The van der Waals surface area contributed by atoms with Crippen LogP contribution in [0, 0.1) is 0 Å². The van der Waals surface area contributed by atoms with Crippen molar-refractivity contribution in [3.8, 4) is 0 Å². The molecule has 6 heteroatoms. The van der Waals surface area contributed by atoms with E-state index in [0.717, 1.165) is 11.1 Å². The molecule has 0 atom stereocenters. The van der Waals surface area contributed by atoms with Crippen LogP contribution in [-0.4, -0.2) is 15.5 Å². The minimum absolute atomic E-state index is 0.166. The number of fused-ring (bicyclic) bond motifs is 1. The molecule has 0 saturated heterocycles. The van der Waals surface area contributed by atoms with Crippen molar-refractivity contribution in [1.82, 2.24) is 14.9 Å². The van der Waals surface area contributed by atoms with Crippen LogP contribution < -0.4 is 11.0 Å². The first-order valence-corrected chi connectivity index (χ1v) is 7.71. The zero-order valence-corrected chi connectivity index (χ0v) is 13.4. The second-order valence-electron chi connectivity index (χ2n) is 5.22. The molecule has 0 spiro atoms. The number of H-pyrrole nitrogens is 1. The molecule has 0 aliphatic heterocycles. The first kappa shape index (κ1) is 15.4. The van der Waals surface area contributed by atoms with Gasteiger partial charge in [-0.15, -0.1) is 0 Å². The van der Waals surface area contributed by atoms with E-state index in [1.807, 2.05) is 19.1 Å². The normalized spacial score (nSPS) is 10.9. The van der Waals surface area contributed by atoms with Gasteiger partial charge in [-0.2, -0.15) is 0 Å². The number of amides is 1. The van der Waals surface area contributed by atoms with E-state index in [2.05, 4.69) is 10.3 Å². The first-order chi connectivity index (χ1) is 11.1. The Morgan fingerprint density at radius 2 is 1.96 bits per heavy atom. The summed E-state index contributed by atoms with van der Waals surface area (Å²) in [5, 5.41) is 3.52. The molecule has 0 unspecified atom stereocenters. The number of benzene rings is 2. The van der Waals surface area contributed by atoms with Crippen molar-refractivity contribution in [3.05, 3.63) is 69.1 Å². The molecule has 1 heterocycles. The van der Waals surface area contributed by atoms with Crippen molar-refractivity contribution >= 4 is 28.5 Å². The number of aromatic nitrogens is 2. The summed E-state index contributed by atoms with van der Waals surface area (Å²) >= 11 is 5.83. The monoisotopic (exact) mass is 329 g/mol. The predicted octanol–water partition coefficient (Wildman–Crippen LogP) is 2.93. The maximum Gasteiger partial charge on any atom is 0.326 e. The standard InChI is InChI=1S/C17H16ClN3O2/c1-2-21-15-8-5-12(9-14(15)20-17(21)23)16(22)19-10-11-3-6-13(18)7-4-11/h3-9H,2,10H2,1H3,(H,19,22)(H,20,23). The Morgan fingerprint density at radius 1 is 1.22 bits per heavy atom. The van der Waals surface area contributed by atoms with Crippen LogP contribution in [0.15, 0.2) is 47.3 Å². The molecule has 1 amide bonds. The minimum Gasteiger partial charge on any atom is -0.348 e. The maximum absolute atomic E-state index is 12.3. The number of carbonyl (C=O) groups is 1. The van der Waals surface area contributed by atoms with Gasteiger partial charge in [-0.3, -0.25) is 9.36 Å². The molecular weight excluding hydrogens is 314 g/mol. The Bertz CT molecular complexity index is 910. The number of nitrogens with one attached hydrogen (secondary N) is 2. The van der Waals surface area contributed by atoms with E-state index in [9.17, 15) is 9.59 Å². The minimum atomic E-state index is -0.188. The summed E-state index contributed by atoms with van der Waals surface area (Å²) in [7, 11) is 0. The highest BCUT2D eigenvalue weighted by molar-refractivity contribution is 6.30. The van der Waals surface area contributed by atoms with Gasteiger partial charge in [0, 0.05) is 23.7 Å². The number of imidazole rings is 1. The lowest BCUT2D eigenvalue weighted by molar-refractivity contribution is 0.0951. The van der Waals surface area contributed by atoms with Crippen molar-refractivity contribution in [2.75, 3.05) is 0 Å². The van der Waals surface area contributed by atoms with Gasteiger partial charge >= 0.3 is 5.69 Å². The summed E-state index contributed by atoms with van der Waals surface area (Å²) in [6.07, 6.45) is 0. The number of aryl methyl sites for hydroxylation is 1. The fourth-order valence-corrected chi connectivity index (χ4v) is 2.63. The Labute approximate surface area is 137 Å². The third-order valence-electron chi connectivity index (χ3n) is 3.72. The molecule has 0 radical (unpaired) electrons. The van der Waals surface area contributed by atoms with Gasteiger partial charge in [0.15, 0.2) is 0 Å². The van der Waals surface area contributed by atoms with Crippen LogP contribution in [0.25, 0.3) is 11.0 Å². The van der Waals surface area contributed by atoms with E-state index in [1.54, 1.807) is 34.9 Å². The van der Waals surface area contributed by atoms with Crippen molar-refractivity contribution in [2.24, 2.45) is 0 Å². The zero-order valence-electron chi connectivity index (χ0n) is 12.6. The van der Waals surface area contributed by atoms with Crippen LogP contribution in [0.4, 0.5) is 0 Å². The molecule has 5 nitrogen and oxygen atoms in total. The molecule has 2 aromatic carbocycles.